The highest BCUT2D eigenvalue weighted by atomic mass is 35.5. The van der Waals surface area contributed by atoms with Crippen molar-refractivity contribution in [3.63, 3.8) is 0 Å². The molecule has 0 bridgehead atoms. The van der Waals surface area contributed by atoms with E-state index in [-0.39, 0.29) is 5.92 Å². The van der Waals surface area contributed by atoms with Gasteiger partial charge in [-0.25, -0.2) is 0 Å². The molecule has 0 aromatic heterocycles. The van der Waals surface area contributed by atoms with E-state index in [0.29, 0.717) is 16.0 Å². The maximum absolute atomic E-state index is 10.7. The first kappa shape index (κ1) is 11.7. The second-order valence-corrected chi connectivity index (χ2v) is 4.98. The van der Waals surface area contributed by atoms with Crippen LogP contribution in [-0.4, -0.2) is 11.1 Å². The van der Waals surface area contributed by atoms with Crippen molar-refractivity contribution in [3.05, 3.63) is 33.8 Å². The molecule has 2 atom stereocenters. The van der Waals surface area contributed by atoms with Crippen LogP contribution in [0.4, 0.5) is 0 Å². The zero-order chi connectivity index (χ0) is 11.7. The van der Waals surface area contributed by atoms with Crippen molar-refractivity contribution < 1.29 is 9.90 Å². The summed E-state index contributed by atoms with van der Waals surface area (Å²) in [6.07, 6.45) is 2.47. The van der Waals surface area contributed by atoms with Crippen molar-refractivity contribution in [2.75, 3.05) is 0 Å². The number of carboxylic acid groups (broad SMARTS) is 1. The number of carboxylic acids is 1. The van der Waals surface area contributed by atoms with E-state index < -0.39 is 5.97 Å². The Hall–Kier alpha value is -0.730. The number of carbonyl (C=O) groups is 1. The molecule has 16 heavy (non-hydrogen) atoms. The fraction of sp³-hybridized carbons (Fsp3) is 0.417. The third-order valence-corrected chi connectivity index (χ3v) is 3.91. The Kier molecular flexibility index (Phi) is 3.41. The van der Waals surface area contributed by atoms with Crippen LogP contribution in [0.15, 0.2) is 18.2 Å². The molecule has 0 aliphatic heterocycles. The van der Waals surface area contributed by atoms with Gasteiger partial charge in [-0.1, -0.05) is 35.3 Å². The SMILES string of the molecule is O=C(O)C1CC1CCc1cccc(Cl)c1Cl. The standard InChI is InChI=1S/C12H12Cl2O2/c13-10-3-1-2-7(11(10)14)4-5-8-6-9(8)12(15)16/h1-3,8-9H,4-6H2,(H,15,16). The van der Waals surface area contributed by atoms with Crippen LogP contribution in [0.5, 0.6) is 0 Å². The molecule has 2 rings (SSSR count). The highest BCUT2D eigenvalue weighted by Crippen LogP contribution is 2.42. The summed E-state index contributed by atoms with van der Waals surface area (Å²) in [6.45, 7) is 0. The van der Waals surface area contributed by atoms with Gasteiger partial charge in [0.25, 0.3) is 0 Å². The minimum Gasteiger partial charge on any atom is -0.481 e. The lowest BCUT2D eigenvalue weighted by atomic mass is 10.1. The summed E-state index contributed by atoms with van der Waals surface area (Å²) in [6, 6.07) is 5.56. The Morgan fingerprint density at radius 1 is 1.44 bits per heavy atom. The minimum atomic E-state index is -0.679. The minimum absolute atomic E-state index is 0.141. The number of aliphatic carboxylic acids is 1. The number of benzene rings is 1. The molecule has 1 fully saturated rings. The van der Waals surface area contributed by atoms with E-state index in [2.05, 4.69) is 0 Å². The van der Waals surface area contributed by atoms with Crippen LogP contribution >= 0.6 is 23.2 Å². The molecule has 1 aromatic carbocycles. The Morgan fingerprint density at radius 3 is 2.81 bits per heavy atom. The highest BCUT2D eigenvalue weighted by Gasteiger charge is 2.42. The van der Waals surface area contributed by atoms with Gasteiger partial charge in [-0.05, 0) is 36.8 Å². The quantitative estimate of drug-likeness (QED) is 0.896. The first-order chi connectivity index (χ1) is 7.59. The number of halogens is 2. The van der Waals surface area contributed by atoms with Crippen LogP contribution in [-0.2, 0) is 11.2 Å². The first-order valence-corrected chi connectivity index (χ1v) is 6.01. The van der Waals surface area contributed by atoms with E-state index in [9.17, 15) is 4.79 Å². The molecule has 1 N–H and O–H groups in total. The van der Waals surface area contributed by atoms with Gasteiger partial charge in [-0.2, -0.15) is 0 Å². The Labute approximate surface area is 104 Å². The largest absolute Gasteiger partial charge is 0.481 e. The fourth-order valence-electron chi connectivity index (χ4n) is 1.95. The van der Waals surface area contributed by atoms with E-state index in [1.54, 1.807) is 6.07 Å². The van der Waals surface area contributed by atoms with Crippen LogP contribution in [0.2, 0.25) is 10.0 Å². The van der Waals surface area contributed by atoms with E-state index in [1.165, 1.54) is 0 Å². The molecule has 0 amide bonds. The van der Waals surface area contributed by atoms with Gasteiger partial charge in [0.05, 0.1) is 16.0 Å². The molecule has 0 saturated heterocycles. The van der Waals surface area contributed by atoms with Crippen molar-refractivity contribution >= 4 is 29.2 Å². The molecule has 1 saturated carbocycles. The van der Waals surface area contributed by atoms with Gasteiger partial charge in [0.2, 0.25) is 0 Å². The summed E-state index contributed by atoms with van der Waals surface area (Å²) in [7, 11) is 0. The van der Waals surface area contributed by atoms with Crippen LogP contribution in [0, 0.1) is 11.8 Å². The van der Waals surface area contributed by atoms with Crippen LogP contribution < -0.4 is 0 Å². The fourth-order valence-corrected chi connectivity index (χ4v) is 2.37. The number of aryl methyl sites for hydroxylation is 1. The Balaban J connectivity index is 1.91. The monoisotopic (exact) mass is 258 g/mol. The summed E-state index contributed by atoms with van der Waals surface area (Å²) in [5, 5.41) is 9.93. The van der Waals surface area contributed by atoms with Crippen LogP contribution in [0.1, 0.15) is 18.4 Å². The summed E-state index contributed by atoms with van der Waals surface area (Å²) < 4.78 is 0. The van der Waals surface area contributed by atoms with Crippen molar-refractivity contribution in [2.45, 2.75) is 19.3 Å². The summed E-state index contributed by atoms with van der Waals surface area (Å²) in [4.78, 5) is 10.7. The number of hydrogen-bond donors (Lipinski definition) is 1. The smallest absolute Gasteiger partial charge is 0.306 e. The van der Waals surface area contributed by atoms with E-state index in [0.717, 1.165) is 24.8 Å². The molecule has 1 aliphatic carbocycles. The van der Waals surface area contributed by atoms with Crippen LogP contribution in [0.3, 0.4) is 0 Å². The lowest BCUT2D eigenvalue weighted by molar-refractivity contribution is -0.138. The molecule has 0 heterocycles. The predicted octanol–water partition coefficient (Wildman–Crippen LogP) is 3.65. The molecular formula is C12H12Cl2O2. The lowest BCUT2D eigenvalue weighted by Crippen LogP contribution is -2.00. The third-order valence-electron chi connectivity index (χ3n) is 3.06. The van der Waals surface area contributed by atoms with Gasteiger partial charge in [0.15, 0.2) is 0 Å². The Morgan fingerprint density at radius 2 is 2.19 bits per heavy atom. The maximum Gasteiger partial charge on any atom is 0.306 e. The van der Waals surface area contributed by atoms with Gasteiger partial charge in [-0.3, -0.25) is 4.79 Å². The zero-order valence-corrected chi connectivity index (χ0v) is 10.1. The number of rotatable bonds is 4. The van der Waals surface area contributed by atoms with Crippen LogP contribution in [0.25, 0.3) is 0 Å². The second kappa shape index (κ2) is 4.64. The van der Waals surface area contributed by atoms with Crippen molar-refractivity contribution in [3.8, 4) is 0 Å². The second-order valence-electron chi connectivity index (χ2n) is 4.19. The molecule has 4 heteroatoms. The van der Waals surface area contributed by atoms with Gasteiger partial charge < -0.3 is 5.11 Å². The molecule has 0 spiro atoms. The van der Waals surface area contributed by atoms with Crippen molar-refractivity contribution in [2.24, 2.45) is 11.8 Å². The van der Waals surface area contributed by atoms with Gasteiger partial charge >= 0.3 is 5.97 Å². The molecule has 1 aromatic rings. The average molecular weight is 259 g/mol. The highest BCUT2D eigenvalue weighted by molar-refractivity contribution is 6.42. The van der Waals surface area contributed by atoms with E-state index in [4.69, 9.17) is 28.3 Å². The lowest BCUT2D eigenvalue weighted by Gasteiger charge is -2.04. The molecule has 2 nitrogen and oxygen atoms in total. The molecular weight excluding hydrogens is 247 g/mol. The zero-order valence-electron chi connectivity index (χ0n) is 8.62. The summed E-state index contributed by atoms with van der Waals surface area (Å²) in [5.41, 5.74) is 1.00. The first-order valence-electron chi connectivity index (χ1n) is 5.25. The molecule has 2 unspecified atom stereocenters. The molecule has 1 aliphatic rings. The van der Waals surface area contributed by atoms with E-state index in [1.807, 2.05) is 12.1 Å². The normalized spacial score (nSPS) is 23.1. The predicted molar refractivity (Wildman–Crippen MR) is 64.0 cm³/mol. The maximum atomic E-state index is 10.7. The number of hydrogen-bond acceptors (Lipinski definition) is 1. The molecule has 86 valence electrons. The van der Waals surface area contributed by atoms with Crippen molar-refractivity contribution in [1.29, 1.82) is 0 Å². The van der Waals surface area contributed by atoms with E-state index >= 15 is 0 Å². The topological polar surface area (TPSA) is 37.3 Å². The third kappa shape index (κ3) is 2.50. The van der Waals surface area contributed by atoms with Gasteiger partial charge in [0, 0.05) is 0 Å². The Bertz CT molecular complexity index is 417. The van der Waals surface area contributed by atoms with Gasteiger partial charge in [0.1, 0.15) is 0 Å². The molecule has 0 radical (unpaired) electrons. The van der Waals surface area contributed by atoms with Crippen molar-refractivity contribution in [1.82, 2.24) is 0 Å². The average Bonchev–Trinajstić information content (AvgIpc) is 3.00. The summed E-state index contributed by atoms with van der Waals surface area (Å²) in [5.74, 6) is -0.507. The van der Waals surface area contributed by atoms with Gasteiger partial charge in [-0.15, -0.1) is 0 Å². The summed E-state index contributed by atoms with van der Waals surface area (Å²) >= 11 is 11.9.